The first kappa shape index (κ1) is 9.02. The summed E-state index contributed by atoms with van der Waals surface area (Å²) in [5, 5.41) is 0.0432. The Morgan fingerprint density at radius 3 is 3.33 bits per heavy atom. The van der Waals surface area contributed by atoms with Crippen molar-refractivity contribution in [3.05, 3.63) is 29.5 Å². The highest BCUT2D eigenvalue weighted by molar-refractivity contribution is 5.88. The summed E-state index contributed by atoms with van der Waals surface area (Å²) in [4.78, 5) is 28.1. The summed E-state index contributed by atoms with van der Waals surface area (Å²) < 4.78 is 65.9. The van der Waals surface area contributed by atoms with E-state index in [0.29, 0.717) is 10.6 Å². The number of piperidine rings is 1. The normalized spacial score (nSPS) is 29.8. The monoisotopic (exact) mass is 334 g/mol. The highest BCUT2D eigenvalue weighted by Gasteiger charge is 2.33. The number of likely N-dealkylation sites (tertiary alicyclic amines) is 1. The van der Waals surface area contributed by atoms with Crippen molar-refractivity contribution in [2.75, 3.05) is 31.5 Å². The molecule has 1 saturated heterocycles. The van der Waals surface area contributed by atoms with Gasteiger partial charge in [-0.3, -0.25) is 4.79 Å². The summed E-state index contributed by atoms with van der Waals surface area (Å²) in [7, 11) is 0. The van der Waals surface area contributed by atoms with Crippen LogP contribution in [-0.4, -0.2) is 58.4 Å². The molecule has 0 radical (unpaired) electrons. The van der Waals surface area contributed by atoms with Gasteiger partial charge >= 0.3 is 5.91 Å². The Hall–Kier alpha value is -2.62. The number of aromatic nitrogens is 3. The highest BCUT2D eigenvalue weighted by atomic mass is 16.2. The van der Waals surface area contributed by atoms with Gasteiger partial charge in [0.1, 0.15) is 17.8 Å². The maximum atomic E-state index is 12.4. The first-order valence-corrected chi connectivity index (χ1v) is 7.43. The predicted molar refractivity (Wildman–Crippen MR) is 92.6 cm³/mol. The number of H-pyrrole nitrogens is 1. The number of nitrogens with one attached hydrogen (secondary N) is 1. The fourth-order valence-corrected chi connectivity index (χ4v) is 2.73. The van der Waals surface area contributed by atoms with Crippen LogP contribution in [-0.2, 0) is 4.79 Å². The summed E-state index contributed by atoms with van der Waals surface area (Å²) in [6.07, 6.45) is 0.911. The van der Waals surface area contributed by atoms with Crippen molar-refractivity contribution in [3.63, 3.8) is 0 Å². The summed E-state index contributed by atoms with van der Waals surface area (Å²) in [6, 6.07) is -2.42. The maximum absolute atomic E-state index is 12.4. The lowest BCUT2D eigenvalue weighted by Crippen LogP contribution is -2.53. The van der Waals surface area contributed by atoms with Crippen LogP contribution >= 0.6 is 0 Å². The molecule has 7 heteroatoms. The van der Waals surface area contributed by atoms with E-state index in [1.54, 1.807) is 6.92 Å². The van der Waals surface area contributed by atoms with Gasteiger partial charge in [-0.1, -0.05) is 6.85 Å². The number of nitrogens with zero attached hydrogens (tertiary/aromatic N) is 5. The van der Waals surface area contributed by atoms with Gasteiger partial charge in [-0.15, -0.1) is 0 Å². The van der Waals surface area contributed by atoms with Crippen LogP contribution in [0.1, 0.15) is 29.9 Å². The topological polar surface area (TPSA) is 69.5 Å². The maximum Gasteiger partial charge on any atom is 0.302 e. The van der Waals surface area contributed by atoms with Crippen molar-refractivity contribution < 1.29 is 15.8 Å². The van der Waals surface area contributed by atoms with Crippen LogP contribution in [0, 0.1) is 19.4 Å². The minimum atomic E-state index is -3.03. The first-order chi connectivity index (χ1) is 14.7. The molecule has 3 rings (SSSR count). The number of aryl methyl sites for hydroxylation is 1. The molecule has 0 saturated carbocycles. The number of rotatable bonds is 3. The number of aromatic amines is 1. The van der Waals surface area contributed by atoms with E-state index < -0.39 is 44.8 Å². The molecule has 0 bridgehead atoms. The molecule has 126 valence electrons. The Kier molecular flexibility index (Phi) is 2.43. The van der Waals surface area contributed by atoms with Crippen LogP contribution in [0.25, 0.3) is 15.9 Å². The zero-order valence-corrected chi connectivity index (χ0v) is 13.1. The molecule has 0 aromatic carbocycles. The van der Waals surface area contributed by atoms with Crippen LogP contribution in [0.5, 0.6) is 0 Å². The average Bonchev–Trinajstić information content (AvgIpc) is 2.94. The van der Waals surface area contributed by atoms with Gasteiger partial charge in [0.2, 0.25) is 0 Å². The third-order valence-corrected chi connectivity index (χ3v) is 3.95. The van der Waals surface area contributed by atoms with E-state index in [2.05, 4.69) is 19.8 Å². The Morgan fingerprint density at radius 1 is 1.71 bits per heavy atom. The Labute approximate surface area is 152 Å². The first-order valence-electron chi connectivity index (χ1n) is 11.4. The van der Waals surface area contributed by atoms with E-state index >= 15 is 0 Å². The van der Waals surface area contributed by atoms with Gasteiger partial charge in [-0.05, 0) is 25.3 Å². The van der Waals surface area contributed by atoms with Crippen molar-refractivity contribution in [1.29, 1.82) is 0 Å². The van der Waals surface area contributed by atoms with Crippen molar-refractivity contribution in [3.8, 4) is 0 Å². The van der Waals surface area contributed by atoms with Crippen LogP contribution in [0.3, 0.4) is 0 Å². The number of carbonyl (C=O) groups is 1. The highest BCUT2D eigenvalue weighted by Crippen LogP contribution is 2.29. The summed E-state index contributed by atoms with van der Waals surface area (Å²) in [5.74, 6) is -2.34. The van der Waals surface area contributed by atoms with Crippen LogP contribution in [0.4, 0.5) is 5.82 Å². The average molecular weight is 334 g/mol. The van der Waals surface area contributed by atoms with Gasteiger partial charge < -0.3 is 19.6 Å². The van der Waals surface area contributed by atoms with E-state index in [0.717, 1.165) is 11.2 Å². The van der Waals surface area contributed by atoms with Crippen molar-refractivity contribution in [2.45, 2.75) is 26.2 Å². The quantitative estimate of drug-likeness (QED) is 0.870. The molecule has 1 aliphatic rings. The Balaban J connectivity index is 2.26. The Bertz CT molecular complexity index is 1070. The smallest absolute Gasteiger partial charge is 0.302 e. The van der Waals surface area contributed by atoms with E-state index in [-0.39, 0.29) is 35.9 Å². The van der Waals surface area contributed by atoms with Gasteiger partial charge in [-0.2, -0.15) is 0 Å². The lowest BCUT2D eigenvalue weighted by Gasteiger charge is -2.41. The van der Waals surface area contributed by atoms with Crippen molar-refractivity contribution in [2.24, 2.45) is 5.92 Å². The minimum absolute atomic E-state index is 0.0149. The van der Waals surface area contributed by atoms with Gasteiger partial charge in [0, 0.05) is 34.0 Å². The summed E-state index contributed by atoms with van der Waals surface area (Å²) in [6.45, 7) is 1.73. The Morgan fingerprint density at radius 2 is 2.58 bits per heavy atom. The molecule has 2 aromatic heterocycles. The zero-order valence-electron chi connectivity index (χ0n) is 21.1. The second-order valence-electron chi connectivity index (χ2n) is 5.60. The molecule has 2 atom stereocenters. The molecule has 7 nitrogen and oxygen atoms in total. The zero-order chi connectivity index (χ0) is 24.1. The van der Waals surface area contributed by atoms with Gasteiger partial charge in [-0.25, -0.2) is 16.5 Å². The molecule has 1 amide bonds. The summed E-state index contributed by atoms with van der Waals surface area (Å²) in [5.41, 5.74) is 0.577. The van der Waals surface area contributed by atoms with E-state index in [1.807, 2.05) is 0 Å². The fraction of sp³-hybridized carbons (Fsp3) is 0.529. The standard InChI is InChI=1S/C17H22N6O/c1-11-5-6-23(15(24)8-18-3)9-14(11)22(4)17-13-7-12(2)21-16(13)19-10-20-17/h7,10-11,14H,5-6,8-9H2,1-2,4H3,(H,19,20,21)/t11-,14+/m1/s1/i1D3,4D3,7D,14D. The molecule has 2 aromatic rings. The number of hydrogen-bond acceptors (Lipinski definition) is 4. The molecule has 1 aliphatic heterocycles. The molecule has 0 unspecified atom stereocenters. The van der Waals surface area contributed by atoms with E-state index in [4.69, 9.17) is 16.2 Å². The minimum Gasteiger partial charge on any atom is -0.354 e. The molecular formula is C17H22N6O. The number of carbonyl (C=O) groups excluding carboxylic acids is 1. The molecule has 1 fully saturated rings. The molecule has 3 heterocycles. The van der Waals surface area contributed by atoms with E-state index in [1.165, 1.54) is 0 Å². The second kappa shape index (κ2) is 6.48. The fourth-order valence-electron chi connectivity index (χ4n) is 2.73. The number of hydrogen-bond donors (Lipinski definition) is 1. The molecule has 0 aliphatic carbocycles. The van der Waals surface area contributed by atoms with Crippen LogP contribution in [0.15, 0.2) is 12.4 Å². The SMILES string of the molecule is [2H]c1c(C)[nH]c2ncnc(N(C([2H])([2H])[2H])[C@@]3([2H])CN(C(=O)C[N+]#[C-])CC[C@H]3C([2H])([2H])[2H])c12. The molecule has 1 N–H and O–H groups in total. The lowest BCUT2D eigenvalue weighted by molar-refractivity contribution is -0.130. The number of likely N-dealkylation sites (N-methyl/N-ethyl adjacent to an activating group) is 1. The lowest BCUT2D eigenvalue weighted by atomic mass is 9.92. The van der Waals surface area contributed by atoms with Gasteiger partial charge in [0.25, 0.3) is 6.54 Å². The third-order valence-electron chi connectivity index (χ3n) is 3.95. The molecule has 24 heavy (non-hydrogen) atoms. The molecular weight excluding hydrogens is 304 g/mol. The number of fused-ring (bicyclic) bond motifs is 1. The van der Waals surface area contributed by atoms with Gasteiger partial charge in [0.15, 0.2) is 0 Å². The number of amides is 1. The van der Waals surface area contributed by atoms with Gasteiger partial charge in [0.05, 0.1) is 14.1 Å². The van der Waals surface area contributed by atoms with Crippen molar-refractivity contribution >= 4 is 22.8 Å². The third kappa shape index (κ3) is 2.92. The number of anilines is 1. The molecule has 0 spiro atoms. The second-order valence-corrected chi connectivity index (χ2v) is 5.60. The van der Waals surface area contributed by atoms with E-state index in [9.17, 15) is 6.17 Å². The van der Waals surface area contributed by atoms with Crippen LogP contribution in [0.2, 0.25) is 0 Å². The predicted octanol–water partition coefficient (Wildman–Crippen LogP) is 1.86. The largest absolute Gasteiger partial charge is 0.354 e. The summed E-state index contributed by atoms with van der Waals surface area (Å²) >= 11 is 0. The van der Waals surface area contributed by atoms with Crippen molar-refractivity contribution in [1.82, 2.24) is 19.9 Å². The van der Waals surface area contributed by atoms with Crippen LogP contribution < -0.4 is 4.90 Å².